The Labute approximate surface area is 196 Å². The number of hydrogen-bond donors (Lipinski definition) is 4. The van der Waals surface area contributed by atoms with Gasteiger partial charge in [0, 0.05) is 33.7 Å². The molecule has 33 heavy (non-hydrogen) atoms. The summed E-state index contributed by atoms with van der Waals surface area (Å²) in [5.74, 6) is -0.413. The summed E-state index contributed by atoms with van der Waals surface area (Å²) in [5, 5.41) is 8.71. The van der Waals surface area contributed by atoms with Gasteiger partial charge < -0.3 is 16.0 Å². The SMILES string of the molecule is O=C(Nc1ccc(C(=O)Nc2cccc(S(=O)(=O)Nc3ccc(Cl)cc3)c2)cc1)NC1CC1. The zero-order chi connectivity index (χ0) is 23.4. The number of benzene rings is 3. The van der Waals surface area contributed by atoms with E-state index in [4.69, 9.17) is 11.6 Å². The number of anilines is 3. The Morgan fingerprint density at radius 3 is 2.15 bits per heavy atom. The van der Waals surface area contributed by atoms with E-state index in [1.54, 1.807) is 54.6 Å². The van der Waals surface area contributed by atoms with Crippen LogP contribution in [0, 0.1) is 0 Å². The molecular formula is C23H21ClN4O4S. The molecule has 10 heteroatoms. The van der Waals surface area contributed by atoms with Crippen LogP contribution in [0.15, 0.2) is 77.7 Å². The van der Waals surface area contributed by atoms with Crippen LogP contribution in [-0.2, 0) is 10.0 Å². The van der Waals surface area contributed by atoms with Gasteiger partial charge in [-0.2, -0.15) is 0 Å². The zero-order valence-corrected chi connectivity index (χ0v) is 18.9. The number of hydrogen-bond acceptors (Lipinski definition) is 4. The molecule has 0 radical (unpaired) electrons. The average Bonchev–Trinajstić information content (AvgIpc) is 3.60. The van der Waals surface area contributed by atoms with E-state index in [1.165, 1.54) is 18.2 Å². The summed E-state index contributed by atoms with van der Waals surface area (Å²) in [7, 11) is -3.86. The van der Waals surface area contributed by atoms with Gasteiger partial charge in [-0.05, 0) is 79.6 Å². The van der Waals surface area contributed by atoms with Crippen LogP contribution in [0.1, 0.15) is 23.2 Å². The van der Waals surface area contributed by atoms with Gasteiger partial charge >= 0.3 is 6.03 Å². The molecule has 0 aromatic heterocycles. The minimum atomic E-state index is -3.86. The average molecular weight is 485 g/mol. The van der Waals surface area contributed by atoms with Crippen molar-refractivity contribution >= 4 is 50.6 Å². The van der Waals surface area contributed by atoms with E-state index in [0.717, 1.165) is 12.8 Å². The molecule has 0 heterocycles. The molecule has 3 aromatic carbocycles. The van der Waals surface area contributed by atoms with Crippen molar-refractivity contribution in [3.63, 3.8) is 0 Å². The lowest BCUT2D eigenvalue weighted by Gasteiger charge is -2.11. The summed E-state index contributed by atoms with van der Waals surface area (Å²) in [6.45, 7) is 0. The van der Waals surface area contributed by atoms with Crippen LogP contribution >= 0.6 is 11.6 Å². The Balaban J connectivity index is 1.40. The molecule has 0 bridgehead atoms. The van der Waals surface area contributed by atoms with Gasteiger partial charge in [-0.25, -0.2) is 13.2 Å². The lowest BCUT2D eigenvalue weighted by atomic mass is 10.2. The minimum Gasteiger partial charge on any atom is -0.335 e. The summed E-state index contributed by atoms with van der Waals surface area (Å²) in [6, 6.07) is 18.6. The number of carbonyl (C=O) groups excluding carboxylic acids is 2. The van der Waals surface area contributed by atoms with Crippen molar-refractivity contribution in [2.24, 2.45) is 0 Å². The molecule has 0 aliphatic heterocycles. The third-order valence-electron chi connectivity index (χ3n) is 4.82. The summed E-state index contributed by atoms with van der Waals surface area (Å²) in [5.41, 5.74) is 1.61. The van der Waals surface area contributed by atoms with Crippen molar-refractivity contribution in [2.45, 2.75) is 23.8 Å². The first kappa shape index (κ1) is 22.6. The van der Waals surface area contributed by atoms with Crippen molar-refractivity contribution in [2.75, 3.05) is 15.4 Å². The Morgan fingerprint density at radius 2 is 1.48 bits per heavy atom. The van der Waals surface area contributed by atoms with Crippen LogP contribution in [0.4, 0.5) is 21.9 Å². The Kier molecular flexibility index (Phi) is 6.52. The van der Waals surface area contributed by atoms with Gasteiger partial charge in [0.05, 0.1) is 4.90 Å². The first-order valence-corrected chi connectivity index (χ1v) is 12.0. The van der Waals surface area contributed by atoms with E-state index in [0.29, 0.717) is 27.6 Å². The van der Waals surface area contributed by atoms with E-state index >= 15 is 0 Å². The molecule has 0 saturated heterocycles. The maximum Gasteiger partial charge on any atom is 0.319 e. The van der Waals surface area contributed by atoms with Crippen LogP contribution < -0.4 is 20.7 Å². The summed E-state index contributed by atoms with van der Waals surface area (Å²) >= 11 is 5.83. The maximum atomic E-state index is 12.7. The van der Waals surface area contributed by atoms with Gasteiger partial charge in [0.15, 0.2) is 0 Å². The molecular weight excluding hydrogens is 464 g/mol. The number of halogens is 1. The highest BCUT2D eigenvalue weighted by Gasteiger charge is 2.23. The largest absolute Gasteiger partial charge is 0.335 e. The normalized spacial score (nSPS) is 13.1. The molecule has 4 N–H and O–H groups in total. The molecule has 0 atom stereocenters. The predicted molar refractivity (Wildman–Crippen MR) is 128 cm³/mol. The topological polar surface area (TPSA) is 116 Å². The van der Waals surface area contributed by atoms with Crippen molar-refractivity contribution in [1.82, 2.24) is 5.32 Å². The van der Waals surface area contributed by atoms with E-state index in [2.05, 4.69) is 20.7 Å². The standard InChI is InChI=1S/C23H21ClN4O4S/c24-16-6-10-19(11-7-16)28-33(31,32)21-3-1-2-20(14-21)25-22(29)15-4-8-17(9-5-15)26-23(30)27-18-12-13-18/h1-11,14,18,28H,12-13H2,(H,25,29)(H2,26,27,30). The molecule has 1 aliphatic rings. The van der Waals surface area contributed by atoms with E-state index in [9.17, 15) is 18.0 Å². The van der Waals surface area contributed by atoms with Crippen LogP contribution in [-0.4, -0.2) is 26.4 Å². The molecule has 3 amide bonds. The van der Waals surface area contributed by atoms with Crippen molar-refractivity contribution in [3.05, 3.63) is 83.4 Å². The second kappa shape index (κ2) is 9.51. The Hall–Kier alpha value is -3.56. The minimum absolute atomic E-state index is 0.00327. The molecule has 1 saturated carbocycles. The summed E-state index contributed by atoms with van der Waals surface area (Å²) in [4.78, 5) is 24.4. The molecule has 4 rings (SSSR count). The van der Waals surface area contributed by atoms with Crippen molar-refractivity contribution in [1.29, 1.82) is 0 Å². The number of carbonyl (C=O) groups is 2. The van der Waals surface area contributed by atoms with Gasteiger partial charge in [0.1, 0.15) is 0 Å². The summed E-state index contributed by atoms with van der Waals surface area (Å²) in [6.07, 6.45) is 1.98. The molecule has 0 unspecified atom stereocenters. The van der Waals surface area contributed by atoms with E-state index in [1.807, 2.05) is 0 Å². The molecule has 1 aliphatic carbocycles. The number of nitrogens with one attached hydrogen (secondary N) is 4. The van der Waals surface area contributed by atoms with Crippen molar-refractivity contribution < 1.29 is 18.0 Å². The lowest BCUT2D eigenvalue weighted by molar-refractivity contribution is 0.102. The quantitative estimate of drug-likeness (QED) is 0.389. The molecule has 1 fully saturated rings. The number of rotatable bonds is 7. The number of urea groups is 1. The number of sulfonamides is 1. The Morgan fingerprint density at radius 1 is 0.818 bits per heavy atom. The first-order valence-electron chi connectivity index (χ1n) is 10.2. The van der Waals surface area contributed by atoms with E-state index in [-0.39, 0.29) is 17.0 Å². The van der Waals surface area contributed by atoms with Gasteiger partial charge in [-0.15, -0.1) is 0 Å². The lowest BCUT2D eigenvalue weighted by Crippen LogP contribution is -2.30. The zero-order valence-electron chi connectivity index (χ0n) is 17.3. The molecule has 0 spiro atoms. The van der Waals surface area contributed by atoms with Crippen LogP contribution in [0.5, 0.6) is 0 Å². The monoisotopic (exact) mass is 484 g/mol. The fourth-order valence-electron chi connectivity index (χ4n) is 2.96. The smallest absolute Gasteiger partial charge is 0.319 e. The van der Waals surface area contributed by atoms with Gasteiger partial charge in [-0.3, -0.25) is 9.52 Å². The second-order valence-electron chi connectivity index (χ2n) is 7.54. The third kappa shape index (κ3) is 6.24. The van der Waals surface area contributed by atoms with Gasteiger partial charge in [-0.1, -0.05) is 17.7 Å². The summed E-state index contributed by atoms with van der Waals surface area (Å²) < 4.78 is 27.9. The first-order chi connectivity index (χ1) is 15.8. The van der Waals surface area contributed by atoms with E-state index < -0.39 is 15.9 Å². The van der Waals surface area contributed by atoms with Gasteiger partial charge in [0.2, 0.25) is 0 Å². The van der Waals surface area contributed by atoms with Gasteiger partial charge in [0.25, 0.3) is 15.9 Å². The molecule has 170 valence electrons. The highest BCUT2D eigenvalue weighted by Crippen LogP contribution is 2.22. The maximum absolute atomic E-state index is 12.7. The molecule has 8 nitrogen and oxygen atoms in total. The highest BCUT2D eigenvalue weighted by molar-refractivity contribution is 7.92. The van der Waals surface area contributed by atoms with Crippen LogP contribution in [0.3, 0.4) is 0 Å². The fraction of sp³-hybridized carbons (Fsp3) is 0.130. The molecule has 3 aromatic rings. The third-order valence-corrected chi connectivity index (χ3v) is 6.45. The van der Waals surface area contributed by atoms with Crippen molar-refractivity contribution in [3.8, 4) is 0 Å². The van der Waals surface area contributed by atoms with Crippen LogP contribution in [0.2, 0.25) is 5.02 Å². The fourth-order valence-corrected chi connectivity index (χ4v) is 4.19. The highest BCUT2D eigenvalue weighted by atomic mass is 35.5. The predicted octanol–water partition coefficient (Wildman–Crippen LogP) is 4.68. The second-order valence-corrected chi connectivity index (χ2v) is 9.66. The Bertz CT molecular complexity index is 1270. The van der Waals surface area contributed by atoms with Crippen LogP contribution in [0.25, 0.3) is 0 Å². The number of amides is 3.